The molecule has 7 nitrogen and oxygen atoms in total. The van der Waals surface area contributed by atoms with Gasteiger partial charge in [0.2, 0.25) is 0 Å². The fourth-order valence-electron chi connectivity index (χ4n) is 4.09. The Balaban J connectivity index is 1.27. The fraction of sp³-hybridized carbons (Fsp3) is 0.524. The van der Waals surface area contributed by atoms with Crippen LogP contribution < -0.4 is 5.32 Å². The summed E-state index contributed by atoms with van der Waals surface area (Å²) in [5.41, 5.74) is 3.12. The first kappa shape index (κ1) is 19.1. The lowest BCUT2D eigenvalue weighted by Crippen LogP contribution is -2.42. The van der Waals surface area contributed by atoms with Gasteiger partial charge in [-0.15, -0.1) is 0 Å². The van der Waals surface area contributed by atoms with Crippen LogP contribution in [-0.2, 0) is 30.7 Å². The molecule has 4 rings (SSSR count). The van der Waals surface area contributed by atoms with Crippen molar-refractivity contribution in [3.8, 4) is 0 Å². The third kappa shape index (κ3) is 4.27. The molecule has 0 aliphatic carbocycles. The van der Waals surface area contributed by atoms with Gasteiger partial charge >= 0.3 is 0 Å². The standard InChI is InChI=1S/C21H28N4O3/c1-28-18-6-7-20-23-19(14-25(20)13-18)21(27)22-10-17(26)12-24-9-8-15-4-2-3-5-16(15)11-24/h2-5,14,17-18,26H,6-13H2,1H3,(H,22,27)/t17-,18-/m0/s1. The Bertz CT molecular complexity index is 835. The largest absolute Gasteiger partial charge is 0.390 e. The number of amides is 1. The second kappa shape index (κ2) is 8.43. The van der Waals surface area contributed by atoms with Crippen molar-refractivity contribution in [1.82, 2.24) is 19.8 Å². The van der Waals surface area contributed by atoms with Gasteiger partial charge in [0.15, 0.2) is 0 Å². The van der Waals surface area contributed by atoms with Gasteiger partial charge in [0.05, 0.1) is 18.8 Å². The lowest BCUT2D eigenvalue weighted by Gasteiger charge is -2.30. The van der Waals surface area contributed by atoms with E-state index in [1.165, 1.54) is 11.1 Å². The number of benzene rings is 1. The highest BCUT2D eigenvalue weighted by atomic mass is 16.5. The van der Waals surface area contributed by atoms with Crippen molar-refractivity contribution in [3.05, 3.63) is 53.1 Å². The number of rotatable bonds is 6. The molecule has 28 heavy (non-hydrogen) atoms. The summed E-state index contributed by atoms with van der Waals surface area (Å²) in [5, 5.41) is 13.2. The molecule has 2 aromatic rings. The highest BCUT2D eigenvalue weighted by Gasteiger charge is 2.23. The van der Waals surface area contributed by atoms with E-state index in [0.29, 0.717) is 12.2 Å². The van der Waals surface area contributed by atoms with E-state index in [9.17, 15) is 9.90 Å². The van der Waals surface area contributed by atoms with Crippen molar-refractivity contribution >= 4 is 5.91 Å². The number of methoxy groups -OCH3 is 1. The number of hydrogen-bond acceptors (Lipinski definition) is 5. The van der Waals surface area contributed by atoms with E-state index in [1.807, 2.05) is 4.57 Å². The van der Waals surface area contributed by atoms with E-state index in [4.69, 9.17) is 4.74 Å². The number of carbonyl (C=O) groups is 1. The van der Waals surface area contributed by atoms with Gasteiger partial charge in [-0.1, -0.05) is 24.3 Å². The molecule has 2 aliphatic rings. The monoisotopic (exact) mass is 384 g/mol. The minimum Gasteiger partial charge on any atom is -0.390 e. The van der Waals surface area contributed by atoms with Gasteiger partial charge in [-0.3, -0.25) is 9.69 Å². The van der Waals surface area contributed by atoms with E-state index < -0.39 is 6.10 Å². The molecule has 0 radical (unpaired) electrons. The Morgan fingerprint density at radius 2 is 2.18 bits per heavy atom. The van der Waals surface area contributed by atoms with Crippen LogP contribution in [0.5, 0.6) is 0 Å². The molecule has 0 bridgehead atoms. The van der Waals surface area contributed by atoms with E-state index in [-0.39, 0.29) is 18.6 Å². The van der Waals surface area contributed by atoms with E-state index in [1.54, 1.807) is 13.3 Å². The number of imidazole rings is 1. The predicted octanol–water partition coefficient (Wildman–Crippen LogP) is 0.993. The van der Waals surface area contributed by atoms with Crippen LogP contribution in [-0.4, -0.2) is 64.4 Å². The van der Waals surface area contributed by atoms with Crippen LogP contribution in [0.25, 0.3) is 0 Å². The number of aliphatic hydroxyl groups is 1. The maximum Gasteiger partial charge on any atom is 0.271 e. The Kier molecular flexibility index (Phi) is 5.75. The first-order valence-corrected chi connectivity index (χ1v) is 9.96. The molecule has 1 aromatic heterocycles. The van der Waals surface area contributed by atoms with Crippen molar-refractivity contribution in [2.75, 3.05) is 26.7 Å². The van der Waals surface area contributed by atoms with Crippen LogP contribution in [0.3, 0.4) is 0 Å². The minimum atomic E-state index is -0.607. The van der Waals surface area contributed by atoms with Gasteiger partial charge in [-0.2, -0.15) is 0 Å². The number of carbonyl (C=O) groups excluding carboxylic acids is 1. The molecule has 1 aromatic carbocycles. The molecule has 0 spiro atoms. The highest BCUT2D eigenvalue weighted by Crippen LogP contribution is 2.19. The molecule has 0 saturated heterocycles. The van der Waals surface area contributed by atoms with Gasteiger partial charge < -0.3 is 19.7 Å². The van der Waals surface area contributed by atoms with Gasteiger partial charge in [0.1, 0.15) is 11.5 Å². The zero-order chi connectivity index (χ0) is 19.5. The molecule has 150 valence electrons. The normalized spacial score (nSPS) is 20.3. The zero-order valence-corrected chi connectivity index (χ0v) is 16.3. The summed E-state index contributed by atoms with van der Waals surface area (Å²) < 4.78 is 7.40. The summed E-state index contributed by atoms with van der Waals surface area (Å²) in [6, 6.07) is 8.44. The van der Waals surface area contributed by atoms with Gasteiger partial charge in [-0.25, -0.2) is 4.98 Å². The topological polar surface area (TPSA) is 79.6 Å². The number of nitrogens with zero attached hydrogens (tertiary/aromatic N) is 3. The molecular weight excluding hydrogens is 356 g/mol. The number of aromatic nitrogens is 2. The lowest BCUT2D eigenvalue weighted by molar-refractivity contribution is 0.0706. The van der Waals surface area contributed by atoms with Crippen LogP contribution in [0.1, 0.15) is 33.9 Å². The molecule has 2 atom stereocenters. The summed E-state index contributed by atoms with van der Waals surface area (Å²) in [4.78, 5) is 19.1. The third-order valence-corrected chi connectivity index (χ3v) is 5.69. The van der Waals surface area contributed by atoms with Gasteiger partial charge in [0, 0.05) is 45.9 Å². The Morgan fingerprint density at radius 1 is 1.36 bits per heavy atom. The second-order valence-corrected chi connectivity index (χ2v) is 7.71. The molecule has 0 unspecified atom stereocenters. The Hall–Kier alpha value is -2.22. The number of aryl methyl sites for hydroxylation is 1. The lowest BCUT2D eigenvalue weighted by atomic mass is 10.00. The Labute approximate surface area is 165 Å². The van der Waals surface area contributed by atoms with Crippen molar-refractivity contribution in [1.29, 1.82) is 0 Å². The number of β-amino-alcohol motifs (C(OH)–C–C–N with tert-alkyl or cyclic N) is 1. The average Bonchev–Trinajstić information content (AvgIpc) is 3.15. The number of nitrogens with one attached hydrogen (secondary N) is 1. The van der Waals surface area contributed by atoms with E-state index in [2.05, 4.69) is 39.5 Å². The zero-order valence-electron chi connectivity index (χ0n) is 16.3. The maximum atomic E-state index is 12.4. The van der Waals surface area contributed by atoms with Crippen LogP contribution in [0.2, 0.25) is 0 Å². The summed E-state index contributed by atoms with van der Waals surface area (Å²) in [7, 11) is 1.71. The summed E-state index contributed by atoms with van der Waals surface area (Å²) in [6.45, 7) is 3.26. The third-order valence-electron chi connectivity index (χ3n) is 5.69. The summed E-state index contributed by atoms with van der Waals surface area (Å²) >= 11 is 0. The van der Waals surface area contributed by atoms with Gasteiger partial charge in [0.25, 0.3) is 5.91 Å². The van der Waals surface area contributed by atoms with E-state index >= 15 is 0 Å². The first-order chi connectivity index (χ1) is 13.6. The van der Waals surface area contributed by atoms with Crippen molar-refractivity contribution in [2.24, 2.45) is 0 Å². The van der Waals surface area contributed by atoms with E-state index in [0.717, 1.165) is 44.7 Å². The van der Waals surface area contributed by atoms with Crippen LogP contribution in [0.15, 0.2) is 30.5 Å². The number of aliphatic hydroxyl groups excluding tert-OH is 1. The number of ether oxygens (including phenoxy) is 1. The molecule has 0 fully saturated rings. The first-order valence-electron chi connectivity index (χ1n) is 9.96. The number of hydrogen-bond donors (Lipinski definition) is 2. The molecule has 3 heterocycles. The molecule has 2 aliphatic heterocycles. The maximum absolute atomic E-state index is 12.4. The molecule has 0 saturated carbocycles. The second-order valence-electron chi connectivity index (χ2n) is 7.71. The quantitative estimate of drug-likeness (QED) is 0.777. The van der Waals surface area contributed by atoms with Crippen LogP contribution in [0, 0.1) is 0 Å². The molecule has 2 N–H and O–H groups in total. The van der Waals surface area contributed by atoms with Crippen molar-refractivity contribution < 1.29 is 14.6 Å². The van der Waals surface area contributed by atoms with Crippen LogP contribution >= 0.6 is 0 Å². The molecular formula is C21H28N4O3. The fourth-order valence-corrected chi connectivity index (χ4v) is 4.09. The van der Waals surface area contributed by atoms with Crippen LogP contribution in [0.4, 0.5) is 0 Å². The summed E-state index contributed by atoms with van der Waals surface area (Å²) in [6.07, 6.45) is 4.08. The Morgan fingerprint density at radius 3 is 3.00 bits per heavy atom. The highest BCUT2D eigenvalue weighted by molar-refractivity contribution is 5.92. The van der Waals surface area contributed by atoms with Crippen molar-refractivity contribution in [3.63, 3.8) is 0 Å². The molecule has 7 heteroatoms. The number of fused-ring (bicyclic) bond motifs is 2. The smallest absolute Gasteiger partial charge is 0.271 e. The van der Waals surface area contributed by atoms with Gasteiger partial charge in [-0.05, 0) is 24.0 Å². The molecule has 1 amide bonds. The summed E-state index contributed by atoms with van der Waals surface area (Å²) in [5.74, 6) is 0.685. The predicted molar refractivity (Wildman–Crippen MR) is 105 cm³/mol. The minimum absolute atomic E-state index is 0.175. The average molecular weight is 384 g/mol. The SMILES string of the molecule is CO[C@H]1CCc2nc(C(=O)NC[C@H](O)CN3CCc4ccccc4C3)cn2C1. The van der Waals surface area contributed by atoms with Crippen molar-refractivity contribution in [2.45, 2.75) is 44.6 Å².